The summed E-state index contributed by atoms with van der Waals surface area (Å²) >= 11 is 4.83. The topological polar surface area (TPSA) is 0 Å². The molecule has 0 aliphatic heterocycles. The average Bonchev–Trinajstić information content (AvgIpc) is 2.40. The predicted octanol–water partition coefficient (Wildman–Crippen LogP) is 4.02. The summed E-state index contributed by atoms with van der Waals surface area (Å²) in [5.74, 6) is 0. The van der Waals surface area contributed by atoms with E-state index >= 15 is 0 Å². The van der Waals surface area contributed by atoms with E-state index in [1.165, 1.54) is 32.1 Å². The standard InChI is InChI=1S/C7H10Cl.3CH3.Sn/c8-7-3-1-6(5-7)2-4-7;;;;/h1-5H2;3*1H3;. The molecule has 0 saturated heterocycles. The molecule has 2 fully saturated rings. The minimum atomic E-state index is -1.69. The molecule has 0 aromatic carbocycles. The van der Waals surface area contributed by atoms with Crippen LogP contribution in [0.3, 0.4) is 0 Å². The van der Waals surface area contributed by atoms with Crippen molar-refractivity contribution in [2.24, 2.45) is 0 Å². The number of rotatable bonds is 1. The normalized spacial score (nSPS) is 47.0. The molecule has 2 aliphatic rings. The van der Waals surface area contributed by atoms with Gasteiger partial charge in [-0.2, -0.15) is 0 Å². The average molecular weight is 293 g/mol. The first-order chi connectivity index (χ1) is 5.37. The summed E-state index contributed by atoms with van der Waals surface area (Å²) in [6.45, 7) is 0. The van der Waals surface area contributed by atoms with Crippen molar-refractivity contribution in [2.75, 3.05) is 0 Å². The van der Waals surface area contributed by atoms with Gasteiger partial charge < -0.3 is 0 Å². The molecule has 2 saturated carbocycles. The van der Waals surface area contributed by atoms with Crippen LogP contribution in [-0.2, 0) is 0 Å². The Labute approximate surface area is 84.9 Å². The second kappa shape index (κ2) is 2.56. The first-order valence-corrected chi connectivity index (χ1v) is 15.4. The molecular weight excluding hydrogens is 274 g/mol. The fourth-order valence-corrected chi connectivity index (χ4v) is 11.4. The molecule has 0 aromatic heterocycles. The van der Waals surface area contributed by atoms with Crippen LogP contribution in [0.5, 0.6) is 0 Å². The van der Waals surface area contributed by atoms with E-state index in [4.69, 9.17) is 11.6 Å². The molecule has 70 valence electrons. The van der Waals surface area contributed by atoms with Gasteiger partial charge in [0.1, 0.15) is 0 Å². The number of halogens is 1. The second-order valence-electron chi connectivity index (χ2n) is 5.86. The van der Waals surface area contributed by atoms with Gasteiger partial charge in [-0.3, -0.25) is 0 Å². The summed E-state index contributed by atoms with van der Waals surface area (Å²) < 4.78 is 0.788. The van der Waals surface area contributed by atoms with E-state index in [2.05, 4.69) is 14.8 Å². The minimum absolute atomic E-state index is 0.254. The molecule has 12 heavy (non-hydrogen) atoms. The van der Waals surface area contributed by atoms with Crippen LogP contribution in [0.4, 0.5) is 0 Å². The number of hydrogen-bond donors (Lipinski definition) is 0. The fraction of sp³-hybridized carbons (Fsp3) is 1.00. The van der Waals surface area contributed by atoms with Crippen molar-refractivity contribution in [2.45, 2.75) is 55.2 Å². The van der Waals surface area contributed by atoms with Crippen molar-refractivity contribution in [1.82, 2.24) is 0 Å². The monoisotopic (exact) mass is 294 g/mol. The zero-order valence-electron chi connectivity index (χ0n) is 8.41. The third-order valence-electron chi connectivity index (χ3n) is 4.35. The molecule has 2 rings (SSSR count). The van der Waals surface area contributed by atoms with Gasteiger partial charge in [0, 0.05) is 0 Å². The summed E-state index contributed by atoms with van der Waals surface area (Å²) in [7, 11) is 0. The molecule has 2 heteroatoms. The van der Waals surface area contributed by atoms with Crippen LogP contribution in [0.1, 0.15) is 32.1 Å². The predicted molar refractivity (Wildman–Crippen MR) is 57.7 cm³/mol. The molecule has 0 spiro atoms. The van der Waals surface area contributed by atoms with E-state index in [0.29, 0.717) is 0 Å². The molecule has 0 heterocycles. The first-order valence-electron chi connectivity index (χ1n) is 5.06. The van der Waals surface area contributed by atoms with Gasteiger partial charge in [-0.25, -0.2) is 0 Å². The summed E-state index contributed by atoms with van der Waals surface area (Å²) in [6.07, 6.45) is 6.89. The Morgan fingerprint density at radius 2 is 1.50 bits per heavy atom. The van der Waals surface area contributed by atoms with Crippen LogP contribution in [0.15, 0.2) is 0 Å². The second-order valence-corrected chi connectivity index (χ2v) is 22.5. The van der Waals surface area contributed by atoms with Gasteiger partial charge in [-0.15, -0.1) is 0 Å². The first kappa shape index (κ1) is 9.64. The molecule has 2 bridgehead atoms. The SMILES string of the molecule is [CH3][Sn]([CH3])([CH3])[C]12CCC(Cl)(CC1)C2. The van der Waals surface area contributed by atoms with Crippen LogP contribution in [0.2, 0.25) is 18.2 Å². The quantitative estimate of drug-likeness (QED) is 0.506. The molecule has 0 aromatic rings. The van der Waals surface area contributed by atoms with Gasteiger partial charge in [-0.05, 0) is 0 Å². The Kier molecular flexibility index (Phi) is 2.06. The third kappa shape index (κ3) is 1.25. The Balaban J connectivity index is 2.27. The van der Waals surface area contributed by atoms with E-state index in [1.807, 2.05) is 0 Å². The van der Waals surface area contributed by atoms with E-state index in [0.717, 1.165) is 3.43 Å². The molecule has 0 nitrogen and oxygen atoms in total. The third-order valence-corrected chi connectivity index (χ3v) is 15.9. The number of hydrogen-bond acceptors (Lipinski definition) is 0. The van der Waals surface area contributed by atoms with Gasteiger partial charge in [0.05, 0.1) is 0 Å². The Morgan fingerprint density at radius 3 is 1.67 bits per heavy atom. The summed E-state index contributed by atoms with van der Waals surface area (Å²) in [5.41, 5.74) is 0. The molecular formula is C10H19ClSn. The van der Waals surface area contributed by atoms with Crippen molar-refractivity contribution in [3.63, 3.8) is 0 Å². The van der Waals surface area contributed by atoms with Gasteiger partial charge in [0.2, 0.25) is 0 Å². The van der Waals surface area contributed by atoms with Crippen LogP contribution in [0, 0.1) is 0 Å². The van der Waals surface area contributed by atoms with Crippen molar-refractivity contribution in [1.29, 1.82) is 0 Å². The molecule has 0 radical (unpaired) electrons. The van der Waals surface area contributed by atoms with Gasteiger partial charge in [0.15, 0.2) is 0 Å². The van der Waals surface area contributed by atoms with Crippen LogP contribution < -0.4 is 0 Å². The summed E-state index contributed by atoms with van der Waals surface area (Å²) in [5, 5.41) is 0. The summed E-state index contributed by atoms with van der Waals surface area (Å²) in [6, 6.07) is 0. The Bertz CT molecular complexity index is 196. The summed E-state index contributed by atoms with van der Waals surface area (Å²) in [4.78, 5) is 8.01. The number of fused-ring (bicyclic) bond motifs is 2. The van der Waals surface area contributed by atoms with Crippen molar-refractivity contribution < 1.29 is 0 Å². The maximum atomic E-state index is 6.53. The number of alkyl halides is 1. The van der Waals surface area contributed by atoms with E-state index in [1.54, 1.807) is 0 Å². The van der Waals surface area contributed by atoms with Crippen molar-refractivity contribution in [3.8, 4) is 0 Å². The zero-order chi connectivity index (χ0) is 9.04. The van der Waals surface area contributed by atoms with Gasteiger partial charge >= 0.3 is 85.2 Å². The molecule has 0 N–H and O–H groups in total. The maximum absolute atomic E-state index is 6.53. The van der Waals surface area contributed by atoms with Gasteiger partial charge in [-0.1, -0.05) is 0 Å². The fourth-order valence-electron chi connectivity index (χ4n) is 3.15. The van der Waals surface area contributed by atoms with Crippen LogP contribution in [-0.4, -0.2) is 23.3 Å². The van der Waals surface area contributed by atoms with Crippen molar-refractivity contribution in [3.05, 3.63) is 0 Å². The molecule has 0 atom stereocenters. The van der Waals surface area contributed by atoms with E-state index < -0.39 is 18.4 Å². The molecule has 0 amide bonds. The zero-order valence-corrected chi connectivity index (χ0v) is 12.0. The Morgan fingerprint density at radius 1 is 1.00 bits per heavy atom. The van der Waals surface area contributed by atoms with E-state index in [-0.39, 0.29) is 4.87 Å². The molecule has 0 unspecified atom stereocenters. The van der Waals surface area contributed by atoms with Crippen molar-refractivity contribution >= 4 is 30.0 Å². The van der Waals surface area contributed by atoms with E-state index in [9.17, 15) is 0 Å². The molecule has 2 aliphatic carbocycles. The van der Waals surface area contributed by atoms with Crippen LogP contribution in [0.25, 0.3) is 0 Å². The Hall–Kier alpha value is 1.09. The van der Waals surface area contributed by atoms with Gasteiger partial charge in [0.25, 0.3) is 0 Å². The van der Waals surface area contributed by atoms with Crippen LogP contribution >= 0.6 is 11.6 Å².